The maximum atomic E-state index is 13.2. The van der Waals surface area contributed by atoms with Gasteiger partial charge in [-0.2, -0.15) is 28.5 Å². The highest BCUT2D eigenvalue weighted by Gasteiger charge is 2.41. The van der Waals surface area contributed by atoms with Crippen molar-refractivity contribution >= 4 is 27.5 Å². The molecule has 0 aliphatic heterocycles. The number of rotatable bonds is 8. The lowest BCUT2D eigenvalue weighted by Crippen LogP contribution is -2.16. The van der Waals surface area contributed by atoms with E-state index in [0.717, 1.165) is 24.9 Å². The van der Waals surface area contributed by atoms with Gasteiger partial charge in [-0.15, -0.1) is 0 Å². The van der Waals surface area contributed by atoms with E-state index in [9.17, 15) is 18.0 Å². The third-order valence-corrected chi connectivity index (χ3v) is 5.77. The first kappa shape index (κ1) is 21.6. The topological polar surface area (TPSA) is 82.6 Å². The molecule has 1 saturated carbocycles. The van der Waals surface area contributed by atoms with Crippen LogP contribution < -0.4 is 5.32 Å². The molecule has 1 amide bonds. The highest BCUT2D eigenvalue weighted by Crippen LogP contribution is 2.47. The van der Waals surface area contributed by atoms with Crippen LogP contribution in [-0.4, -0.2) is 35.2 Å². The van der Waals surface area contributed by atoms with Crippen LogP contribution in [0, 0.1) is 0 Å². The van der Waals surface area contributed by atoms with E-state index in [-0.39, 0.29) is 29.3 Å². The smallest absolute Gasteiger partial charge is 0.323 e. The second-order valence-electron chi connectivity index (χ2n) is 7.47. The van der Waals surface area contributed by atoms with Crippen molar-refractivity contribution in [2.45, 2.75) is 57.9 Å². The van der Waals surface area contributed by atoms with Crippen molar-refractivity contribution in [3.05, 3.63) is 46.2 Å². The van der Waals surface area contributed by atoms with Gasteiger partial charge in [0.1, 0.15) is 0 Å². The van der Waals surface area contributed by atoms with Crippen molar-refractivity contribution in [3.8, 4) is 0 Å². The number of halogens is 4. The molecule has 1 N–H and O–H groups in total. The normalized spacial score (nSPS) is 14.2. The monoisotopic (exact) mass is 499 g/mol. The molecule has 3 aromatic rings. The van der Waals surface area contributed by atoms with Gasteiger partial charge < -0.3 is 5.32 Å². The minimum atomic E-state index is -4.54. The Kier molecular flexibility index (Phi) is 5.91. The summed E-state index contributed by atoms with van der Waals surface area (Å²) in [5.41, 5.74) is 1.08. The summed E-state index contributed by atoms with van der Waals surface area (Å²) >= 11 is 3.05. The Balaban J connectivity index is 1.36. The number of anilines is 1. The fourth-order valence-electron chi connectivity index (χ4n) is 3.34. The highest BCUT2D eigenvalue weighted by atomic mass is 79.9. The molecule has 3 aromatic heterocycles. The summed E-state index contributed by atoms with van der Waals surface area (Å²) < 4.78 is 44.4. The van der Waals surface area contributed by atoms with E-state index < -0.39 is 11.9 Å². The van der Waals surface area contributed by atoms with Crippen LogP contribution in [0.4, 0.5) is 18.9 Å². The number of nitrogens with zero attached hydrogens (tertiary/aromatic N) is 6. The molecule has 166 valence electrons. The fourth-order valence-corrected chi connectivity index (χ4v) is 4.18. The molecule has 0 atom stereocenters. The van der Waals surface area contributed by atoms with Crippen LogP contribution in [0.15, 0.2) is 29.3 Å². The molecule has 12 heteroatoms. The molecule has 0 aromatic carbocycles. The minimum absolute atomic E-state index is 0.000409. The Morgan fingerprint density at radius 1 is 1.23 bits per heavy atom. The Morgan fingerprint density at radius 3 is 2.61 bits per heavy atom. The first-order chi connectivity index (χ1) is 14.7. The second-order valence-corrected chi connectivity index (χ2v) is 8.27. The van der Waals surface area contributed by atoms with Crippen molar-refractivity contribution < 1.29 is 18.0 Å². The van der Waals surface area contributed by atoms with E-state index in [1.165, 1.54) is 10.9 Å². The minimum Gasteiger partial charge on any atom is -0.323 e. The molecule has 0 spiro atoms. The predicted molar refractivity (Wildman–Crippen MR) is 109 cm³/mol. The fraction of sp³-hybridized carbons (Fsp3) is 0.474. The van der Waals surface area contributed by atoms with Crippen LogP contribution in [0.2, 0.25) is 0 Å². The third kappa shape index (κ3) is 5.00. The quantitative estimate of drug-likeness (QED) is 0.507. The van der Waals surface area contributed by atoms with E-state index in [0.29, 0.717) is 17.9 Å². The van der Waals surface area contributed by atoms with Gasteiger partial charge in [0.05, 0.1) is 41.3 Å². The molecule has 1 aliphatic carbocycles. The van der Waals surface area contributed by atoms with Gasteiger partial charge in [0.15, 0.2) is 5.69 Å². The van der Waals surface area contributed by atoms with Gasteiger partial charge >= 0.3 is 6.18 Å². The molecule has 0 bridgehead atoms. The maximum Gasteiger partial charge on any atom is 0.436 e. The molecule has 31 heavy (non-hydrogen) atoms. The van der Waals surface area contributed by atoms with Crippen LogP contribution in [0.5, 0.6) is 0 Å². The van der Waals surface area contributed by atoms with Gasteiger partial charge in [-0.05, 0) is 35.7 Å². The molecule has 4 rings (SSSR count). The number of aromatic nitrogens is 6. The summed E-state index contributed by atoms with van der Waals surface area (Å²) in [7, 11) is 0. The molecule has 0 unspecified atom stereocenters. The third-order valence-electron chi connectivity index (χ3n) is 4.99. The zero-order chi connectivity index (χ0) is 22.2. The van der Waals surface area contributed by atoms with E-state index in [1.807, 2.05) is 17.8 Å². The Bertz CT molecular complexity index is 1080. The molecule has 3 heterocycles. The summed E-state index contributed by atoms with van der Waals surface area (Å²) in [6, 6.07) is 0. The van der Waals surface area contributed by atoms with Crippen LogP contribution in [-0.2, 0) is 30.6 Å². The predicted octanol–water partition coefficient (Wildman–Crippen LogP) is 4.03. The first-order valence-electron chi connectivity index (χ1n) is 9.91. The molecular weight excluding hydrogens is 479 g/mol. The number of aryl methyl sites for hydroxylation is 2. The zero-order valence-corrected chi connectivity index (χ0v) is 18.3. The van der Waals surface area contributed by atoms with Gasteiger partial charge in [-0.3, -0.25) is 18.8 Å². The largest absolute Gasteiger partial charge is 0.436 e. The SMILES string of the molecule is CCn1cc(Cn2cc(NC(=O)CCn3nc(C(F)(F)F)c(Br)c3C3CC3)cn2)cn1. The van der Waals surface area contributed by atoms with E-state index in [4.69, 9.17) is 0 Å². The van der Waals surface area contributed by atoms with E-state index >= 15 is 0 Å². The van der Waals surface area contributed by atoms with E-state index in [2.05, 4.69) is 36.5 Å². The number of carbonyl (C=O) groups is 1. The maximum absolute atomic E-state index is 13.2. The van der Waals surface area contributed by atoms with Gasteiger partial charge in [0.2, 0.25) is 5.91 Å². The lowest BCUT2D eigenvalue weighted by Gasteiger charge is -2.07. The number of carbonyl (C=O) groups excluding carboxylic acids is 1. The second kappa shape index (κ2) is 8.48. The zero-order valence-electron chi connectivity index (χ0n) is 16.7. The number of alkyl halides is 3. The van der Waals surface area contributed by atoms with Gasteiger partial charge in [-0.25, -0.2) is 0 Å². The standard InChI is InChI=1S/C19H21BrF3N7O/c1-2-28-9-12(7-24-28)10-29-11-14(8-25-29)26-15(31)5-6-30-17(13-3-4-13)16(20)18(27-30)19(21,22)23/h7-9,11,13H,2-6,10H2,1H3,(H,26,31). The lowest BCUT2D eigenvalue weighted by atomic mass is 10.2. The van der Waals surface area contributed by atoms with Gasteiger partial charge in [0.25, 0.3) is 0 Å². The lowest BCUT2D eigenvalue weighted by molar-refractivity contribution is -0.142. The summed E-state index contributed by atoms with van der Waals surface area (Å²) in [6.07, 6.45) is 4.02. The van der Waals surface area contributed by atoms with E-state index in [1.54, 1.807) is 17.1 Å². The van der Waals surface area contributed by atoms with Crippen molar-refractivity contribution in [1.29, 1.82) is 0 Å². The van der Waals surface area contributed by atoms with Gasteiger partial charge in [-0.1, -0.05) is 0 Å². The first-order valence-corrected chi connectivity index (χ1v) is 10.7. The number of hydrogen-bond acceptors (Lipinski definition) is 4. The summed E-state index contributed by atoms with van der Waals surface area (Å²) in [5, 5.41) is 14.9. The highest BCUT2D eigenvalue weighted by molar-refractivity contribution is 9.10. The average molecular weight is 500 g/mol. The average Bonchev–Trinajstić information content (AvgIpc) is 3.11. The molecular formula is C19H21BrF3N7O. The Hall–Kier alpha value is -2.63. The van der Waals surface area contributed by atoms with Crippen molar-refractivity contribution in [2.75, 3.05) is 5.32 Å². The summed E-state index contributed by atoms with van der Waals surface area (Å²) in [6.45, 7) is 3.36. The Labute approximate surface area is 184 Å². The summed E-state index contributed by atoms with van der Waals surface area (Å²) in [5.74, 6) is -0.267. The molecule has 0 radical (unpaired) electrons. The molecule has 8 nitrogen and oxygen atoms in total. The molecule has 1 aliphatic rings. The number of hydrogen-bond donors (Lipinski definition) is 1. The van der Waals surface area contributed by atoms with Crippen LogP contribution in [0.3, 0.4) is 0 Å². The molecule has 1 fully saturated rings. The van der Waals surface area contributed by atoms with Crippen LogP contribution in [0.25, 0.3) is 0 Å². The summed E-state index contributed by atoms with van der Waals surface area (Å²) in [4.78, 5) is 12.3. The van der Waals surface area contributed by atoms with Crippen LogP contribution in [0.1, 0.15) is 49.1 Å². The van der Waals surface area contributed by atoms with Crippen molar-refractivity contribution in [1.82, 2.24) is 29.3 Å². The number of amides is 1. The number of nitrogens with one attached hydrogen (secondary N) is 1. The Morgan fingerprint density at radius 2 is 1.97 bits per heavy atom. The molecule has 0 saturated heterocycles. The van der Waals surface area contributed by atoms with Crippen LogP contribution >= 0.6 is 15.9 Å². The van der Waals surface area contributed by atoms with Crippen molar-refractivity contribution in [3.63, 3.8) is 0 Å². The van der Waals surface area contributed by atoms with Crippen molar-refractivity contribution in [2.24, 2.45) is 0 Å². The van der Waals surface area contributed by atoms with Gasteiger partial charge in [0, 0.05) is 36.8 Å².